The van der Waals surface area contributed by atoms with Crippen molar-refractivity contribution in [3.05, 3.63) is 48.5 Å². The van der Waals surface area contributed by atoms with Gasteiger partial charge < -0.3 is 26.0 Å². The van der Waals surface area contributed by atoms with E-state index >= 15 is 0 Å². The second kappa shape index (κ2) is 14.2. The van der Waals surface area contributed by atoms with Gasteiger partial charge in [-0.1, -0.05) is 26.7 Å². The lowest BCUT2D eigenvalue weighted by atomic mass is 10.2. The zero-order valence-electron chi connectivity index (χ0n) is 18.5. The highest BCUT2D eigenvalue weighted by molar-refractivity contribution is 5.92. The molecular weight excluding hydrogens is 392 g/mol. The summed E-state index contributed by atoms with van der Waals surface area (Å²) in [7, 11) is 0. The number of nitrogens with one attached hydrogen (secondary N) is 4. The van der Waals surface area contributed by atoms with Crippen LogP contribution in [0, 0.1) is 0 Å². The van der Waals surface area contributed by atoms with Crippen LogP contribution in [0.25, 0.3) is 0 Å². The molecule has 0 spiro atoms. The van der Waals surface area contributed by atoms with E-state index in [-0.39, 0.29) is 11.8 Å². The van der Waals surface area contributed by atoms with Gasteiger partial charge in [0.1, 0.15) is 11.5 Å². The molecule has 31 heavy (non-hydrogen) atoms. The fourth-order valence-corrected chi connectivity index (χ4v) is 2.77. The van der Waals surface area contributed by atoms with Gasteiger partial charge in [-0.3, -0.25) is 9.59 Å². The number of hydrogen-bond donors (Lipinski definition) is 4. The predicted molar refractivity (Wildman–Crippen MR) is 126 cm³/mol. The minimum Gasteiger partial charge on any atom is -0.457 e. The summed E-state index contributed by atoms with van der Waals surface area (Å²) in [5, 5.41) is 11.9. The molecule has 0 atom stereocenters. The van der Waals surface area contributed by atoms with Crippen LogP contribution in [0.5, 0.6) is 11.5 Å². The third-order valence-electron chi connectivity index (χ3n) is 4.50. The number of rotatable bonds is 14. The molecular formula is C24H34N4O3. The van der Waals surface area contributed by atoms with Crippen LogP contribution in [0.15, 0.2) is 48.5 Å². The summed E-state index contributed by atoms with van der Waals surface area (Å²) in [6.07, 6.45) is 4.32. The number of anilines is 2. The quantitative estimate of drug-likeness (QED) is 0.341. The molecule has 0 radical (unpaired) electrons. The van der Waals surface area contributed by atoms with Crippen molar-refractivity contribution in [2.75, 3.05) is 36.8 Å². The van der Waals surface area contributed by atoms with Gasteiger partial charge in [-0.2, -0.15) is 0 Å². The maximum Gasteiger partial charge on any atom is 0.238 e. The van der Waals surface area contributed by atoms with Crippen molar-refractivity contribution < 1.29 is 14.3 Å². The molecule has 0 unspecified atom stereocenters. The van der Waals surface area contributed by atoms with E-state index in [0.29, 0.717) is 24.6 Å². The third kappa shape index (κ3) is 10.1. The standard InChI is InChI=1S/C24H34N4O3/c1-3-5-15-25-17-23(29)27-19-7-11-21(12-8-19)31-22-13-9-20(10-14-22)28-24(30)18-26-16-6-4-2/h7-14,25-26H,3-6,15-18H2,1-2H3,(H,27,29)(H,28,30). The fraction of sp³-hybridized carbons (Fsp3) is 0.417. The summed E-state index contributed by atoms with van der Waals surface area (Å²) in [5.41, 5.74) is 1.44. The highest BCUT2D eigenvalue weighted by Crippen LogP contribution is 2.24. The Morgan fingerprint density at radius 3 is 1.42 bits per heavy atom. The van der Waals surface area contributed by atoms with Crippen LogP contribution in [-0.4, -0.2) is 38.0 Å². The van der Waals surface area contributed by atoms with E-state index in [4.69, 9.17) is 4.74 Å². The summed E-state index contributed by atoms with van der Waals surface area (Å²) in [5.74, 6) is 1.19. The molecule has 0 aliphatic carbocycles. The summed E-state index contributed by atoms with van der Waals surface area (Å²) < 4.78 is 5.83. The maximum atomic E-state index is 11.9. The first-order valence-corrected chi connectivity index (χ1v) is 11.0. The van der Waals surface area contributed by atoms with Crippen LogP contribution in [0.3, 0.4) is 0 Å². The molecule has 0 aliphatic rings. The molecule has 2 amide bonds. The zero-order valence-corrected chi connectivity index (χ0v) is 18.5. The average molecular weight is 427 g/mol. The normalized spacial score (nSPS) is 10.5. The van der Waals surface area contributed by atoms with Crippen molar-refractivity contribution in [1.29, 1.82) is 0 Å². The Balaban J connectivity index is 1.76. The molecule has 0 saturated carbocycles. The first-order valence-electron chi connectivity index (χ1n) is 11.0. The Morgan fingerprint density at radius 2 is 1.06 bits per heavy atom. The van der Waals surface area contributed by atoms with E-state index in [0.717, 1.165) is 50.1 Å². The largest absolute Gasteiger partial charge is 0.457 e. The fourth-order valence-electron chi connectivity index (χ4n) is 2.77. The highest BCUT2D eigenvalue weighted by atomic mass is 16.5. The van der Waals surface area contributed by atoms with E-state index in [1.807, 2.05) is 0 Å². The number of amides is 2. The van der Waals surface area contributed by atoms with Gasteiger partial charge >= 0.3 is 0 Å². The second-order valence-electron chi connectivity index (χ2n) is 7.31. The van der Waals surface area contributed by atoms with Crippen molar-refractivity contribution in [2.24, 2.45) is 0 Å². The maximum absolute atomic E-state index is 11.9. The van der Waals surface area contributed by atoms with Crippen LogP contribution < -0.4 is 26.0 Å². The Hall–Kier alpha value is -2.90. The number of carbonyl (C=O) groups is 2. The molecule has 4 N–H and O–H groups in total. The Morgan fingerprint density at radius 1 is 0.677 bits per heavy atom. The molecule has 0 aromatic heterocycles. The van der Waals surface area contributed by atoms with Crippen molar-refractivity contribution >= 4 is 23.2 Å². The molecule has 0 heterocycles. The van der Waals surface area contributed by atoms with Crippen LogP contribution in [0.1, 0.15) is 39.5 Å². The van der Waals surface area contributed by atoms with Gasteiger partial charge in [-0.25, -0.2) is 0 Å². The predicted octanol–water partition coefficient (Wildman–Crippen LogP) is 4.14. The summed E-state index contributed by atoms with van der Waals surface area (Å²) in [6, 6.07) is 14.4. The molecule has 2 aromatic carbocycles. The second-order valence-corrected chi connectivity index (χ2v) is 7.31. The topological polar surface area (TPSA) is 91.5 Å². The Kier molecular flexibility index (Phi) is 11.1. The lowest BCUT2D eigenvalue weighted by Crippen LogP contribution is -2.28. The molecule has 0 aliphatic heterocycles. The van der Waals surface area contributed by atoms with Gasteiger partial charge in [0.2, 0.25) is 11.8 Å². The van der Waals surface area contributed by atoms with Gasteiger partial charge in [0.05, 0.1) is 13.1 Å². The van der Waals surface area contributed by atoms with Crippen LogP contribution in [0.2, 0.25) is 0 Å². The van der Waals surface area contributed by atoms with Crippen molar-refractivity contribution in [1.82, 2.24) is 10.6 Å². The van der Waals surface area contributed by atoms with E-state index in [1.54, 1.807) is 48.5 Å². The van der Waals surface area contributed by atoms with E-state index < -0.39 is 0 Å². The Labute approximate surface area is 185 Å². The molecule has 7 heteroatoms. The number of ether oxygens (including phenoxy) is 1. The summed E-state index contributed by atoms with van der Waals surface area (Å²) in [6.45, 7) is 6.52. The number of unbranched alkanes of at least 4 members (excludes halogenated alkanes) is 2. The van der Waals surface area contributed by atoms with Gasteiger partial charge in [0.25, 0.3) is 0 Å². The molecule has 0 fully saturated rings. The van der Waals surface area contributed by atoms with E-state index in [2.05, 4.69) is 35.1 Å². The third-order valence-corrected chi connectivity index (χ3v) is 4.50. The van der Waals surface area contributed by atoms with E-state index in [1.165, 1.54) is 0 Å². The molecule has 168 valence electrons. The van der Waals surface area contributed by atoms with Gasteiger partial charge in [0, 0.05) is 11.4 Å². The van der Waals surface area contributed by atoms with Gasteiger partial charge in [-0.15, -0.1) is 0 Å². The SMILES string of the molecule is CCCCNCC(=O)Nc1ccc(Oc2ccc(NC(=O)CNCCCC)cc2)cc1. The molecule has 0 bridgehead atoms. The smallest absolute Gasteiger partial charge is 0.238 e. The Bertz CT molecular complexity index is 724. The van der Waals surface area contributed by atoms with Crippen molar-refractivity contribution in [3.8, 4) is 11.5 Å². The van der Waals surface area contributed by atoms with Crippen molar-refractivity contribution in [3.63, 3.8) is 0 Å². The first kappa shape index (κ1) is 24.4. The average Bonchev–Trinajstić information content (AvgIpc) is 2.77. The number of hydrogen-bond acceptors (Lipinski definition) is 5. The number of benzene rings is 2. The van der Waals surface area contributed by atoms with E-state index in [9.17, 15) is 9.59 Å². The molecule has 0 saturated heterocycles. The van der Waals surface area contributed by atoms with Crippen molar-refractivity contribution in [2.45, 2.75) is 39.5 Å². The van der Waals surface area contributed by atoms with Crippen LogP contribution >= 0.6 is 0 Å². The minimum atomic E-state index is -0.0667. The minimum absolute atomic E-state index is 0.0667. The summed E-state index contributed by atoms with van der Waals surface area (Å²) in [4.78, 5) is 23.8. The highest BCUT2D eigenvalue weighted by Gasteiger charge is 2.04. The summed E-state index contributed by atoms with van der Waals surface area (Å²) >= 11 is 0. The van der Waals surface area contributed by atoms with Crippen LogP contribution in [-0.2, 0) is 9.59 Å². The molecule has 7 nitrogen and oxygen atoms in total. The number of carbonyl (C=O) groups excluding carboxylic acids is 2. The zero-order chi connectivity index (χ0) is 22.3. The van der Waals surface area contributed by atoms with Gasteiger partial charge in [-0.05, 0) is 74.5 Å². The van der Waals surface area contributed by atoms with Gasteiger partial charge in [0.15, 0.2) is 0 Å². The lowest BCUT2D eigenvalue weighted by Gasteiger charge is -2.10. The first-order chi connectivity index (χ1) is 15.1. The lowest BCUT2D eigenvalue weighted by molar-refractivity contribution is -0.116. The monoisotopic (exact) mass is 426 g/mol. The molecule has 2 aromatic rings. The molecule has 2 rings (SSSR count). The van der Waals surface area contributed by atoms with Crippen LogP contribution in [0.4, 0.5) is 11.4 Å².